The maximum atomic E-state index is 12.8. The lowest BCUT2D eigenvalue weighted by molar-refractivity contribution is -0.141. The van der Waals surface area contributed by atoms with Crippen LogP contribution in [0.3, 0.4) is 0 Å². The highest BCUT2D eigenvalue weighted by atomic mass is 32.2. The lowest BCUT2D eigenvalue weighted by atomic mass is 10.2. The van der Waals surface area contributed by atoms with E-state index in [1.807, 2.05) is 0 Å². The lowest BCUT2D eigenvalue weighted by Crippen LogP contribution is -2.20. The van der Waals surface area contributed by atoms with Gasteiger partial charge in [-0.3, -0.25) is 9.40 Å². The quantitative estimate of drug-likeness (QED) is 0.838. The Bertz CT molecular complexity index is 887. The van der Waals surface area contributed by atoms with Crippen LogP contribution in [0.25, 0.3) is 10.9 Å². The number of nitrogens with zero attached hydrogens (tertiary/aromatic N) is 2. The number of anilines is 1. The maximum absolute atomic E-state index is 12.8. The third-order valence-electron chi connectivity index (χ3n) is 3.63. The molecule has 1 saturated carbocycles. The summed E-state index contributed by atoms with van der Waals surface area (Å²) in [5.41, 5.74) is 0.156. The van der Waals surface area contributed by atoms with Gasteiger partial charge in [0.15, 0.2) is 5.82 Å². The minimum absolute atomic E-state index is 0.0951. The number of benzene rings is 1. The number of hydrogen-bond donors (Lipinski definition) is 1. The highest BCUT2D eigenvalue weighted by Crippen LogP contribution is 2.33. The summed E-state index contributed by atoms with van der Waals surface area (Å²) >= 11 is 0. The maximum Gasteiger partial charge on any atom is 0.408 e. The lowest BCUT2D eigenvalue weighted by Gasteiger charge is -2.11. The highest BCUT2D eigenvalue weighted by molar-refractivity contribution is 7.93. The Morgan fingerprint density at radius 2 is 2.04 bits per heavy atom. The number of alkyl halides is 3. The first-order valence-electron chi connectivity index (χ1n) is 7.81. The monoisotopic (exact) mass is 377 g/mol. The van der Waals surface area contributed by atoms with Crippen molar-refractivity contribution in [2.24, 2.45) is 0 Å². The summed E-state index contributed by atoms with van der Waals surface area (Å²) < 4.78 is 71.3. The van der Waals surface area contributed by atoms with E-state index in [1.54, 1.807) is 19.9 Å². The fraction of sp³-hybridized carbons (Fsp3) is 0.533. The molecule has 6 nitrogen and oxygen atoms in total. The van der Waals surface area contributed by atoms with Gasteiger partial charge >= 0.3 is 6.18 Å². The van der Waals surface area contributed by atoms with Crippen LogP contribution in [-0.4, -0.2) is 35.7 Å². The Morgan fingerprint density at radius 3 is 2.60 bits per heavy atom. The molecule has 0 unspecified atom stereocenters. The summed E-state index contributed by atoms with van der Waals surface area (Å²) in [6.45, 7) is 2.28. The fourth-order valence-corrected chi connectivity index (χ4v) is 3.80. The van der Waals surface area contributed by atoms with Gasteiger partial charge in [0.2, 0.25) is 10.0 Å². The van der Waals surface area contributed by atoms with Crippen molar-refractivity contribution >= 4 is 26.7 Å². The van der Waals surface area contributed by atoms with Crippen LogP contribution >= 0.6 is 0 Å². The van der Waals surface area contributed by atoms with Crippen molar-refractivity contribution in [3.63, 3.8) is 0 Å². The second-order valence-corrected chi connectivity index (χ2v) is 8.27. The Labute approximate surface area is 143 Å². The molecule has 0 amide bonds. The first kappa shape index (κ1) is 17.8. The van der Waals surface area contributed by atoms with Crippen LogP contribution in [0, 0.1) is 0 Å². The third kappa shape index (κ3) is 4.17. The summed E-state index contributed by atoms with van der Waals surface area (Å²) in [6.07, 6.45) is -3.55. The van der Waals surface area contributed by atoms with Crippen LogP contribution in [0.15, 0.2) is 18.2 Å². The van der Waals surface area contributed by atoms with Gasteiger partial charge < -0.3 is 4.74 Å². The number of aromatic nitrogens is 2. The van der Waals surface area contributed by atoms with Crippen LogP contribution in [0.5, 0.6) is 5.75 Å². The van der Waals surface area contributed by atoms with E-state index in [0.717, 1.165) is 4.68 Å². The number of ether oxygens (including phenoxy) is 1. The highest BCUT2D eigenvalue weighted by Gasteiger charge is 2.37. The number of sulfonamides is 1. The van der Waals surface area contributed by atoms with Crippen molar-refractivity contribution in [2.75, 3.05) is 4.72 Å². The normalized spacial score (nSPS) is 15.8. The van der Waals surface area contributed by atoms with E-state index >= 15 is 0 Å². The molecule has 1 aromatic heterocycles. The van der Waals surface area contributed by atoms with Crippen molar-refractivity contribution in [2.45, 2.75) is 50.8 Å². The summed E-state index contributed by atoms with van der Waals surface area (Å²) in [6, 6.07) is 4.53. The molecule has 1 heterocycles. The van der Waals surface area contributed by atoms with E-state index in [2.05, 4.69) is 9.82 Å². The van der Waals surface area contributed by atoms with Crippen molar-refractivity contribution < 1.29 is 26.3 Å². The molecule has 1 aliphatic carbocycles. The molecular formula is C15H18F3N3O3S. The van der Waals surface area contributed by atoms with Gasteiger partial charge in [0.1, 0.15) is 12.3 Å². The summed E-state index contributed by atoms with van der Waals surface area (Å²) in [5, 5.41) is 3.64. The molecule has 1 N–H and O–H groups in total. The van der Waals surface area contributed by atoms with Gasteiger partial charge in [-0.05, 0) is 38.8 Å². The van der Waals surface area contributed by atoms with Crippen LogP contribution in [-0.2, 0) is 16.6 Å². The van der Waals surface area contributed by atoms with E-state index < -0.39 is 28.0 Å². The van der Waals surface area contributed by atoms with Gasteiger partial charge in [-0.2, -0.15) is 18.3 Å². The topological polar surface area (TPSA) is 73.2 Å². The van der Waals surface area contributed by atoms with E-state index in [4.69, 9.17) is 4.74 Å². The van der Waals surface area contributed by atoms with Gasteiger partial charge in [0.05, 0.1) is 16.9 Å². The molecule has 3 rings (SSSR count). The van der Waals surface area contributed by atoms with E-state index in [0.29, 0.717) is 24.0 Å². The number of rotatable bonds is 6. The van der Waals surface area contributed by atoms with Gasteiger partial charge in [0, 0.05) is 11.5 Å². The number of nitrogens with one attached hydrogen (secondary N) is 1. The molecule has 0 spiro atoms. The smallest absolute Gasteiger partial charge is 0.408 e. The molecule has 0 atom stereocenters. The average Bonchev–Trinajstić information content (AvgIpc) is 3.24. The second kappa shape index (κ2) is 6.08. The molecule has 10 heteroatoms. The number of hydrogen-bond acceptors (Lipinski definition) is 4. The molecule has 0 aliphatic heterocycles. The molecule has 25 heavy (non-hydrogen) atoms. The van der Waals surface area contributed by atoms with Gasteiger partial charge in [-0.1, -0.05) is 0 Å². The van der Waals surface area contributed by atoms with Crippen molar-refractivity contribution in [3.8, 4) is 5.75 Å². The van der Waals surface area contributed by atoms with E-state index in [9.17, 15) is 21.6 Å². The van der Waals surface area contributed by atoms with Crippen LogP contribution < -0.4 is 9.46 Å². The van der Waals surface area contributed by atoms with Crippen molar-refractivity contribution in [3.05, 3.63) is 18.2 Å². The first-order chi connectivity index (χ1) is 11.5. The second-order valence-electron chi connectivity index (χ2n) is 6.31. The van der Waals surface area contributed by atoms with Crippen molar-refractivity contribution in [1.29, 1.82) is 0 Å². The standard InChI is InChI=1S/C15H18F3N3O3S/c1-9(2)24-10-3-6-12-13(7-10)21(8-15(16,17)18)19-14(12)20-25(22,23)11-4-5-11/h3,6-7,9,11H,4-5,8H2,1-2H3,(H,19,20). The zero-order valence-electron chi connectivity index (χ0n) is 13.7. The molecule has 1 fully saturated rings. The van der Waals surface area contributed by atoms with Crippen LogP contribution in [0.1, 0.15) is 26.7 Å². The Hall–Kier alpha value is -1.97. The van der Waals surface area contributed by atoms with Gasteiger partial charge in [-0.25, -0.2) is 8.42 Å². The number of halogens is 3. The molecule has 0 bridgehead atoms. The zero-order valence-corrected chi connectivity index (χ0v) is 14.5. The molecular weight excluding hydrogens is 359 g/mol. The van der Waals surface area contributed by atoms with E-state index in [1.165, 1.54) is 12.1 Å². The van der Waals surface area contributed by atoms with Gasteiger partial charge in [0.25, 0.3) is 0 Å². The SMILES string of the molecule is CC(C)Oc1ccc2c(NS(=O)(=O)C3CC3)nn(CC(F)(F)F)c2c1. The van der Waals surface area contributed by atoms with Crippen LogP contribution in [0.4, 0.5) is 19.0 Å². The molecule has 138 valence electrons. The fourth-order valence-electron chi connectivity index (χ4n) is 2.46. The van der Waals surface area contributed by atoms with E-state index in [-0.39, 0.29) is 17.4 Å². The minimum Gasteiger partial charge on any atom is -0.491 e. The molecule has 1 aromatic carbocycles. The summed E-state index contributed by atoms with van der Waals surface area (Å²) in [7, 11) is -3.63. The third-order valence-corrected chi connectivity index (χ3v) is 5.45. The van der Waals surface area contributed by atoms with Crippen molar-refractivity contribution in [1.82, 2.24) is 9.78 Å². The summed E-state index contributed by atoms with van der Waals surface area (Å²) in [4.78, 5) is 0. The summed E-state index contributed by atoms with van der Waals surface area (Å²) in [5.74, 6) is 0.296. The zero-order chi connectivity index (χ0) is 18.4. The predicted molar refractivity (Wildman–Crippen MR) is 87.1 cm³/mol. The Morgan fingerprint density at radius 1 is 1.36 bits per heavy atom. The largest absolute Gasteiger partial charge is 0.491 e. The molecule has 0 saturated heterocycles. The molecule has 0 radical (unpaired) electrons. The average molecular weight is 377 g/mol. The Kier molecular flexibility index (Phi) is 4.34. The van der Waals surface area contributed by atoms with Gasteiger partial charge in [-0.15, -0.1) is 0 Å². The predicted octanol–water partition coefficient (Wildman–Crippen LogP) is 3.29. The molecule has 1 aliphatic rings. The first-order valence-corrected chi connectivity index (χ1v) is 9.35. The molecule has 2 aromatic rings. The minimum atomic E-state index is -4.49. The number of fused-ring (bicyclic) bond motifs is 1. The Balaban J connectivity index is 2.04. The van der Waals surface area contributed by atoms with Crippen LogP contribution in [0.2, 0.25) is 0 Å².